The number of hydrogen-bond acceptors (Lipinski definition) is 5. The molecule has 33 heavy (non-hydrogen) atoms. The zero-order chi connectivity index (χ0) is 24.2. The number of aromatic nitrogens is 1. The molecule has 1 spiro atoms. The van der Waals surface area contributed by atoms with Gasteiger partial charge in [-0.1, -0.05) is 17.2 Å². The molecular weight excluding hydrogens is 457 g/mol. The first-order chi connectivity index (χ1) is 15.5. The Morgan fingerprint density at radius 3 is 2.30 bits per heavy atom. The van der Waals surface area contributed by atoms with Gasteiger partial charge in [-0.2, -0.15) is 13.2 Å². The topological polar surface area (TPSA) is 79.7 Å². The van der Waals surface area contributed by atoms with Crippen molar-refractivity contribution in [1.29, 1.82) is 0 Å². The first kappa shape index (κ1) is 25.0. The highest BCUT2D eigenvalue weighted by atomic mass is 32.2. The van der Waals surface area contributed by atoms with Crippen molar-refractivity contribution in [3.63, 3.8) is 0 Å². The van der Waals surface area contributed by atoms with E-state index >= 15 is 0 Å². The number of carboxylic acid groups (broad SMARTS) is 1. The smallest absolute Gasteiger partial charge is 0.475 e. The summed E-state index contributed by atoms with van der Waals surface area (Å²) < 4.78 is 38.0. The number of amides is 1. The molecule has 1 aromatic carbocycles. The van der Waals surface area contributed by atoms with Gasteiger partial charge in [-0.05, 0) is 50.1 Å². The van der Waals surface area contributed by atoms with Gasteiger partial charge in [0.05, 0.1) is 17.5 Å². The van der Waals surface area contributed by atoms with Crippen LogP contribution in [0.1, 0.15) is 33.5 Å². The Balaban J connectivity index is 0.000000383. The van der Waals surface area contributed by atoms with Gasteiger partial charge in [-0.15, -0.1) is 11.8 Å². The van der Waals surface area contributed by atoms with Crippen LogP contribution < -0.4 is 0 Å². The Kier molecular flexibility index (Phi) is 7.69. The molecule has 178 valence electrons. The number of halogens is 3. The number of thioether (sulfide) groups is 1. The van der Waals surface area contributed by atoms with E-state index in [1.165, 1.54) is 0 Å². The van der Waals surface area contributed by atoms with E-state index in [9.17, 15) is 18.0 Å². The molecular formula is C23H25F3N2O4S. The summed E-state index contributed by atoms with van der Waals surface area (Å²) in [6.07, 6.45) is -0.191. The fourth-order valence-corrected chi connectivity index (χ4v) is 5.45. The van der Waals surface area contributed by atoms with Crippen LogP contribution >= 0.6 is 11.8 Å². The van der Waals surface area contributed by atoms with Crippen molar-refractivity contribution >= 4 is 23.6 Å². The van der Waals surface area contributed by atoms with E-state index in [2.05, 4.69) is 11.1 Å². The summed E-state index contributed by atoms with van der Waals surface area (Å²) in [6.45, 7) is 6.38. The molecule has 0 aliphatic carbocycles. The summed E-state index contributed by atoms with van der Waals surface area (Å²) in [6, 6.07) is 10.1. The molecule has 1 N–H and O–H groups in total. The van der Waals surface area contributed by atoms with Gasteiger partial charge in [-0.3, -0.25) is 9.78 Å². The minimum absolute atomic E-state index is 0.157. The molecule has 2 aliphatic rings. The number of ether oxygens (including phenoxy) is 1. The van der Waals surface area contributed by atoms with Crippen LogP contribution in [0.2, 0.25) is 0 Å². The second-order valence-corrected chi connectivity index (χ2v) is 9.82. The third-order valence-corrected chi connectivity index (χ3v) is 6.94. The van der Waals surface area contributed by atoms with Gasteiger partial charge in [0.2, 0.25) is 0 Å². The number of carbonyl (C=O) groups is 2. The third-order valence-electron chi connectivity index (χ3n) is 5.37. The van der Waals surface area contributed by atoms with Crippen molar-refractivity contribution in [3.05, 3.63) is 65.0 Å². The summed E-state index contributed by atoms with van der Waals surface area (Å²) in [5, 5.41) is 7.12. The van der Waals surface area contributed by atoms with Gasteiger partial charge >= 0.3 is 12.1 Å². The predicted molar refractivity (Wildman–Crippen MR) is 118 cm³/mol. The number of pyridine rings is 1. The molecule has 1 aromatic heterocycles. The quantitative estimate of drug-likeness (QED) is 0.702. The van der Waals surface area contributed by atoms with E-state index in [1.54, 1.807) is 12.4 Å². The molecule has 1 atom stereocenters. The molecule has 2 saturated heterocycles. The van der Waals surface area contributed by atoms with Crippen LogP contribution in [0.4, 0.5) is 13.2 Å². The molecule has 1 amide bonds. The number of rotatable bonds is 4. The molecule has 0 saturated carbocycles. The van der Waals surface area contributed by atoms with Crippen molar-refractivity contribution in [2.75, 3.05) is 18.8 Å². The monoisotopic (exact) mass is 482 g/mol. The van der Waals surface area contributed by atoms with Crippen molar-refractivity contribution in [2.24, 2.45) is 0 Å². The maximum atomic E-state index is 12.7. The summed E-state index contributed by atoms with van der Waals surface area (Å²) in [7, 11) is 0. The minimum Gasteiger partial charge on any atom is -0.475 e. The van der Waals surface area contributed by atoms with Gasteiger partial charge in [0.25, 0.3) is 5.91 Å². The van der Waals surface area contributed by atoms with Crippen LogP contribution in [0.25, 0.3) is 0 Å². The second kappa shape index (κ2) is 10.1. The predicted octanol–water partition coefficient (Wildman–Crippen LogP) is 4.25. The first-order valence-electron chi connectivity index (χ1n) is 10.3. The highest BCUT2D eigenvalue weighted by Crippen LogP contribution is 2.46. The fraction of sp³-hybridized carbons (Fsp3) is 0.435. The second-order valence-electron chi connectivity index (χ2n) is 8.33. The van der Waals surface area contributed by atoms with Crippen molar-refractivity contribution in [3.8, 4) is 0 Å². The van der Waals surface area contributed by atoms with Crippen LogP contribution in [0, 0.1) is 13.8 Å². The van der Waals surface area contributed by atoms with E-state index in [4.69, 9.17) is 14.6 Å². The molecule has 3 heterocycles. The molecule has 10 heteroatoms. The Bertz CT molecular complexity index is 975. The lowest BCUT2D eigenvalue weighted by Crippen LogP contribution is -2.60. The lowest BCUT2D eigenvalue weighted by atomic mass is 9.92. The van der Waals surface area contributed by atoms with E-state index in [0.717, 1.165) is 47.5 Å². The molecule has 1 unspecified atom stereocenters. The Labute approximate surface area is 194 Å². The summed E-state index contributed by atoms with van der Waals surface area (Å²) >= 11 is 1.97. The van der Waals surface area contributed by atoms with E-state index in [0.29, 0.717) is 6.61 Å². The van der Waals surface area contributed by atoms with E-state index in [-0.39, 0.29) is 16.8 Å². The first-order valence-corrected chi connectivity index (χ1v) is 11.3. The number of nitrogens with zero attached hydrogens (tertiary/aromatic N) is 2. The highest BCUT2D eigenvalue weighted by Gasteiger charge is 2.51. The lowest BCUT2D eigenvalue weighted by Gasteiger charge is -2.47. The Morgan fingerprint density at radius 2 is 1.76 bits per heavy atom. The Morgan fingerprint density at radius 1 is 1.18 bits per heavy atom. The van der Waals surface area contributed by atoms with Crippen LogP contribution in [-0.2, 0) is 16.1 Å². The number of likely N-dealkylation sites (tertiary alicyclic amines) is 1. The molecule has 2 aliphatic heterocycles. The number of hydrogen-bond donors (Lipinski definition) is 1. The number of aliphatic carboxylic acids is 1. The van der Waals surface area contributed by atoms with Crippen molar-refractivity contribution in [2.45, 2.75) is 43.9 Å². The van der Waals surface area contributed by atoms with Crippen molar-refractivity contribution in [1.82, 2.24) is 9.88 Å². The number of benzene rings is 1. The average molecular weight is 483 g/mol. The van der Waals surface area contributed by atoms with Crippen LogP contribution in [0.3, 0.4) is 0 Å². The normalized spacial score (nSPS) is 18.9. The van der Waals surface area contributed by atoms with Crippen LogP contribution in [-0.4, -0.2) is 62.7 Å². The molecule has 2 aromatic rings. The fourth-order valence-electron chi connectivity index (χ4n) is 3.90. The summed E-state index contributed by atoms with van der Waals surface area (Å²) in [5.74, 6) is -1.59. The molecule has 0 radical (unpaired) electrons. The Hall–Kier alpha value is -2.59. The van der Waals surface area contributed by atoms with Gasteiger partial charge < -0.3 is 14.7 Å². The largest absolute Gasteiger partial charge is 0.490 e. The zero-order valence-corrected chi connectivity index (χ0v) is 19.1. The zero-order valence-electron chi connectivity index (χ0n) is 18.3. The maximum absolute atomic E-state index is 12.7. The number of aryl methyl sites for hydroxylation is 2. The van der Waals surface area contributed by atoms with E-state index in [1.807, 2.05) is 54.8 Å². The number of carboxylic acids is 1. The molecule has 4 rings (SSSR count). The van der Waals surface area contributed by atoms with Crippen molar-refractivity contribution < 1.29 is 32.6 Å². The number of carbonyl (C=O) groups excluding carboxylic acids is 1. The van der Waals surface area contributed by atoms with Gasteiger partial charge in [0.15, 0.2) is 0 Å². The summed E-state index contributed by atoms with van der Waals surface area (Å²) in [4.78, 5) is 27.7. The lowest BCUT2D eigenvalue weighted by molar-refractivity contribution is -0.192. The molecule has 0 bridgehead atoms. The number of alkyl halides is 3. The standard InChI is InChI=1S/C21H24N2O2S.C2HF3O2/c1-15-7-16(2)9-18(8-15)20(24)23-13-21(14-23)10-19(12-26-21)25-11-17-3-5-22-6-4-17;3-2(4,5)1(6)7/h3-9,19H,10-14H2,1-2H3;(H,6,7). The molecule has 2 fully saturated rings. The van der Waals surface area contributed by atoms with E-state index < -0.39 is 12.1 Å². The maximum Gasteiger partial charge on any atom is 0.490 e. The highest BCUT2D eigenvalue weighted by molar-refractivity contribution is 8.01. The van der Waals surface area contributed by atoms with Gasteiger partial charge in [0.1, 0.15) is 0 Å². The van der Waals surface area contributed by atoms with Crippen LogP contribution in [0.15, 0.2) is 42.7 Å². The van der Waals surface area contributed by atoms with Crippen LogP contribution in [0.5, 0.6) is 0 Å². The SMILES string of the molecule is Cc1cc(C)cc(C(=O)N2CC3(CC(OCc4ccncc4)CS3)C2)c1.O=C(O)C(F)(F)F. The van der Waals surface area contributed by atoms with Gasteiger partial charge in [0, 0.05) is 36.8 Å². The molecule has 6 nitrogen and oxygen atoms in total. The summed E-state index contributed by atoms with van der Waals surface area (Å²) in [5.41, 5.74) is 4.25. The minimum atomic E-state index is -5.08. The average Bonchev–Trinajstić information content (AvgIpc) is 3.15. The van der Waals surface area contributed by atoms with Gasteiger partial charge in [-0.25, -0.2) is 4.79 Å². The third kappa shape index (κ3) is 6.70.